The minimum absolute atomic E-state index is 0.0369. The largest absolute Gasteiger partial charge is 0.361 e. The van der Waals surface area contributed by atoms with Crippen molar-refractivity contribution in [1.82, 2.24) is 5.32 Å². The summed E-state index contributed by atoms with van der Waals surface area (Å²) in [6.07, 6.45) is 1.91. The molecule has 20 heavy (non-hydrogen) atoms. The third kappa shape index (κ3) is 2.43. The molecule has 0 aromatic heterocycles. The van der Waals surface area contributed by atoms with Crippen LogP contribution in [0.25, 0.3) is 6.08 Å². The van der Waals surface area contributed by atoms with E-state index in [4.69, 9.17) is 0 Å². The average molecular weight is 264 g/mol. The van der Waals surface area contributed by atoms with Crippen molar-refractivity contribution < 1.29 is 4.79 Å². The topological polar surface area (TPSA) is 41.1 Å². The minimum Gasteiger partial charge on any atom is -0.361 e. The Balaban J connectivity index is 1.86. The molecule has 100 valence electrons. The van der Waals surface area contributed by atoms with Gasteiger partial charge in [-0.15, -0.1) is 0 Å². The van der Waals surface area contributed by atoms with E-state index in [1.807, 2.05) is 61.5 Å². The number of hydrogen-bond donors (Lipinski definition) is 2. The van der Waals surface area contributed by atoms with Crippen molar-refractivity contribution in [1.29, 1.82) is 0 Å². The van der Waals surface area contributed by atoms with Crippen molar-refractivity contribution in [2.24, 2.45) is 0 Å². The number of para-hydroxylation sites is 1. The molecule has 1 amide bonds. The first-order valence-electron chi connectivity index (χ1n) is 6.64. The molecule has 2 aromatic carbocycles. The summed E-state index contributed by atoms with van der Waals surface area (Å²) < 4.78 is 0. The first kappa shape index (κ1) is 12.5. The summed E-state index contributed by atoms with van der Waals surface area (Å²) in [5, 5.41) is 6.32. The van der Waals surface area contributed by atoms with Gasteiger partial charge >= 0.3 is 0 Å². The fourth-order valence-electron chi connectivity index (χ4n) is 2.33. The molecule has 2 N–H and O–H groups in total. The summed E-state index contributed by atoms with van der Waals surface area (Å²) in [5.41, 5.74) is 3.76. The molecular formula is C17H16N2O. The number of carbonyl (C=O) groups excluding carboxylic acids is 1. The van der Waals surface area contributed by atoms with E-state index >= 15 is 0 Å². The fourth-order valence-corrected chi connectivity index (χ4v) is 2.33. The summed E-state index contributed by atoms with van der Waals surface area (Å²) in [7, 11) is 0. The van der Waals surface area contributed by atoms with Crippen molar-refractivity contribution >= 4 is 17.7 Å². The Morgan fingerprint density at radius 3 is 2.50 bits per heavy atom. The van der Waals surface area contributed by atoms with Gasteiger partial charge in [0.2, 0.25) is 0 Å². The molecule has 0 bridgehead atoms. The van der Waals surface area contributed by atoms with Gasteiger partial charge < -0.3 is 10.6 Å². The molecular weight excluding hydrogens is 248 g/mol. The SMILES string of the molecule is C/C(=C/c1ccccc1)C1NC(=O)c2ccccc2N1. The number of amides is 1. The minimum atomic E-state index is -0.169. The van der Waals surface area contributed by atoms with Crippen molar-refractivity contribution in [2.45, 2.75) is 13.1 Å². The van der Waals surface area contributed by atoms with Gasteiger partial charge in [0.15, 0.2) is 0 Å². The van der Waals surface area contributed by atoms with Crippen LogP contribution in [0, 0.1) is 0 Å². The predicted octanol–water partition coefficient (Wildman–Crippen LogP) is 3.27. The molecule has 1 aliphatic heterocycles. The van der Waals surface area contributed by atoms with Crippen LogP contribution in [0.1, 0.15) is 22.8 Å². The molecule has 0 saturated carbocycles. The molecule has 1 unspecified atom stereocenters. The van der Waals surface area contributed by atoms with Crippen LogP contribution in [-0.4, -0.2) is 12.1 Å². The Morgan fingerprint density at radius 2 is 1.70 bits per heavy atom. The number of fused-ring (bicyclic) bond motifs is 1. The number of hydrogen-bond acceptors (Lipinski definition) is 2. The van der Waals surface area contributed by atoms with Gasteiger partial charge in [0.05, 0.1) is 5.56 Å². The van der Waals surface area contributed by atoms with Gasteiger partial charge in [-0.3, -0.25) is 4.79 Å². The number of carbonyl (C=O) groups is 1. The van der Waals surface area contributed by atoms with E-state index in [1.54, 1.807) is 0 Å². The van der Waals surface area contributed by atoms with E-state index in [9.17, 15) is 4.79 Å². The predicted molar refractivity (Wildman–Crippen MR) is 81.4 cm³/mol. The van der Waals surface area contributed by atoms with Crippen molar-refractivity contribution in [2.75, 3.05) is 5.32 Å². The lowest BCUT2D eigenvalue weighted by Gasteiger charge is -2.28. The van der Waals surface area contributed by atoms with Crippen LogP contribution in [0.4, 0.5) is 5.69 Å². The molecule has 3 heteroatoms. The maximum absolute atomic E-state index is 12.1. The van der Waals surface area contributed by atoms with Crippen LogP contribution in [0.3, 0.4) is 0 Å². The molecule has 0 aliphatic carbocycles. The van der Waals surface area contributed by atoms with Crippen LogP contribution in [0.2, 0.25) is 0 Å². The quantitative estimate of drug-likeness (QED) is 0.874. The molecule has 3 rings (SSSR count). The number of rotatable bonds is 2. The molecule has 2 aromatic rings. The summed E-state index contributed by atoms with van der Waals surface area (Å²) in [6, 6.07) is 17.6. The molecule has 1 heterocycles. The molecule has 0 saturated heterocycles. The lowest BCUT2D eigenvalue weighted by atomic mass is 10.0. The second-order valence-electron chi connectivity index (χ2n) is 4.90. The highest BCUT2D eigenvalue weighted by Gasteiger charge is 2.23. The van der Waals surface area contributed by atoms with E-state index < -0.39 is 0 Å². The van der Waals surface area contributed by atoms with Crippen molar-refractivity contribution in [3.05, 3.63) is 71.3 Å². The molecule has 1 atom stereocenters. The Bertz CT molecular complexity index is 662. The van der Waals surface area contributed by atoms with Crippen LogP contribution in [0.5, 0.6) is 0 Å². The smallest absolute Gasteiger partial charge is 0.255 e. The van der Waals surface area contributed by atoms with Gasteiger partial charge in [-0.25, -0.2) is 0 Å². The van der Waals surface area contributed by atoms with Gasteiger partial charge in [-0.05, 0) is 30.2 Å². The van der Waals surface area contributed by atoms with Crippen LogP contribution in [0.15, 0.2) is 60.2 Å². The molecule has 0 fully saturated rings. The zero-order chi connectivity index (χ0) is 13.9. The second-order valence-corrected chi connectivity index (χ2v) is 4.90. The highest BCUT2D eigenvalue weighted by molar-refractivity contribution is 6.02. The van der Waals surface area contributed by atoms with E-state index in [-0.39, 0.29) is 12.1 Å². The van der Waals surface area contributed by atoms with Gasteiger partial charge in [0.1, 0.15) is 6.17 Å². The monoisotopic (exact) mass is 264 g/mol. The molecule has 3 nitrogen and oxygen atoms in total. The fraction of sp³-hybridized carbons (Fsp3) is 0.118. The molecule has 0 radical (unpaired) electrons. The first-order valence-corrected chi connectivity index (χ1v) is 6.64. The maximum atomic E-state index is 12.1. The zero-order valence-corrected chi connectivity index (χ0v) is 11.3. The third-order valence-corrected chi connectivity index (χ3v) is 3.40. The highest BCUT2D eigenvalue weighted by atomic mass is 16.2. The van der Waals surface area contributed by atoms with Crippen LogP contribution >= 0.6 is 0 Å². The highest BCUT2D eigenvalue weighted by Crippen LogP contribution is 2.22. The van der Waals surface area contributed by atoms with Gasteiger partial charge in [-0.1, -0.05) is 48.5 Å². The maximum Gasteiger partial charge on any atom is 0.255 e. The van der Waals surface area contributed by atoms with Crippen LogP contribution in [-0.2, 0) is 0 Å². The lowest BCUT2D eigenvalue weighted by Crippen LogP contribution is -2.45. The number of benzene rings is 2. The van der Waals surface area contributed by atoms with Gasteiger partial charge in [-0.2, -0.15) is 0 Å². The number of nitrogens with one attached hydrogen (secondary N) is 2. The Hall–Kier alpha value is -2.55. The first-order chi connectivity index (χ1) is 9.74. The second kappa shape index (κ2) is 5.21. The molecule has 1 aliphatic rings. The van der Waals surface area contributed by atoms with E-state index in [2.05, 4.69) is 16.7 Å². The third-order valence-electron chi connectivity index (χ3n) is 3.40. The Kier molecular flexibility index (Phi) is 3.25. The Labute approximate surface area is 118 Å². The van der Waals surface area contributed by atoms with Crippen molar-refractivity contribution in [3.63, 3.8) is 0 Å². The average Bonchev–Trinajstić information content (AvgIpc) is 2.48. The summed E-state index contributed by atoms with van der Waals surface area (Å²) in [5.74, 6) is -0.0369. The van der Waals surface area contributed by atoms with Gasteiger partial charge in [0, 0.05) is 5.69 Å². The summed E-state index contributed by atoms with van der Waals surface area (Å²) >= 11 is 0. The van der Waals surface area contributed by atoms with E-state index in [0.29, 0.717) is 5.56 Å². The van der Waals surface area contributed by atoms with Crippen molar-refractivity contribution in [3.8, 4) is 0 Å². The standard InChI is InChI=1S/C17H16N2O/c1-12(11-13-7-3-2-4-8-13)16-18-15-10-6-5-9-14(15)17(20)19-16/h2-11,16,18H,1H3,(H,19,20)/b12-11-. The lowest BCUT2D eigenvalue weighted by molar-refractivity contribution is 0.0941. The van der Waals surface area contributed by atoms with Gasteiger partial charge in [0.25, 0.3) is 5.91 Å². The van der Waals surface area contributed by atoms with Crippen LogP contribution < -0.4 is 10.6 Å². The molecule has 0 spiro atoms. The summed E-state index contributed by atoms with van der Waals surface area (Å²) in [4.78, 5) is 12.1. The normalized spacial score (nSPS) is 17.9. The van der Waals surface area contributed by atoms with E-state index in [0.717, 1.165) is 16.8 Å². The zero-order valence-electron chi connectivity index (χ0n) is 11.3. The number of anilines is 1. The summed E-state index contributed by atoms with van der Waals surface area (Å²) in [6.45, 7) is 2.01. The Morgan fingerprint density at radius 1 is 1.00 bits per heavy atom. The van der Waals surface area contributed by atoms with E-state index in [1.165, 1.54) is 0 Å².